The molecule has 2 unspecified atom stereocenters. The third kappa shape index (κ3) is 2.27. The molecular formula is C12H15ClO2. The largest absolute Gasteiger partial charge is 0.495 e. The summed E-state index contributed by atoms with van der Waals surface area (Å²) in [5, 5.41) is 10.1. The van der Waals surface area contributed by atoms with Gasteiger partial charge in [-0.1, -0.05) is 17.7 Å². The fourth-order valence-electron chi connectivity index (χ4n) is 2.19. The van der Waals surface area contributed by atoms with Gasteiger partial charge in [0.2, 0.25) is 0 Å². The summed E-state index contributed by atoms with van der Waals surface area (Å²) < 4.78 is 5.18. The van der Waals surface area contributed by atoms with Crippen molar-refractivity contribution in [3.05, 3.63) is 28.8 Å². The fourth-order valence-corrected chi connectivity index (χ4v) is 2.39. The Labute approximate surface area is 94.8 Å². The van der Waals surface area contributed by atoms with Gasteiger partial charge >= 0.3 is 0 Å². The molecule has 2 atom stereocenters. The van der Waals surface area contributed by atoms with Crippen molar-refractivity contribution in [3.8, 4) is 5.75 Å². The molecule has 0 heterocycles. The van der Waals surface area contributed by atoms with Gasteiger partial charge in [-0.2, -0.15) is 0 Å². The Balaban J connectivity index is 2.21. The van der Waals surface area contributed by atoms with Gasteiger partial charge in [0.15, 0.2) is 0 Å². The Morgan fingerprint density at radius 3 is 2.80 bits per heavy atom. The van der Waals surface area contributed by atoms with Crippen molar-refractivity contribution in [1.29, 1.82) is 0 Å². The van der Waals surface area contributed by atoms with Crippen molar-refractivity contribution in [2.24, 2.45) is 0 Å². The first-order valence-corrected chi connectivity index (χ1v) is 5.60. The lowest BCUT2D eigenvalue weighted by Gasteiger charge is -2.12. The molecule has 1 aliphatic carbocycles. The van der Waals surface area contributed by atoms with Gasteiger partial charge in [0.25, 0.3) is 0 Å². The monoisotopic (exact) mass is 226 g/mol. The van der Waals surface area contributed by atoms with E-state index in [0.717, 1.165) is 25.0 Å². The van der Waals surface area contributed by atoms with Crippen molar-refractivity contribution >= 4 is 11.6 Å². The van der Waals surface area contributed by atoms with E-state index in [2.05, 4.69) is 0 Å². The molecule has 0 spiro atoms. The van der Waals surface area contributed by atoms with E-state index < -0.39 is 0 Å². The molecule has 1 aromatic carbocycles. The number of rotatable bonds is 2. The lowest BCUT2D eigenvalue weighted by atomic mass is 9.97. The van der Waals surface area contributed by atoms with Crippen LogP contribution in [0.5, 0.6) is 5.75 Å². The molecule has 82 valence electrons. The summed E-state index contributed by atoms with van der Waals surface area (Å²) in [5.41, 5.74) is 1.22. The van der Waals surface area contributed by atoms with E-state index >= 15 is 0 Å². The topological polar surface area (TPSA) is 29.5 Å². The molecule has 1 aromatic rings. The molecule has 2 nitrogen and oxygen atoms in total. The van der Waals surface area contributed by atoms with Crippen molar-refractivity contribution in [2.45, 2.75) is 31.3 Å². The number of ether oxygens (including phenoxy) is 1. The highest BCUT2D eigenvalue weighted by Gasteiger charge is 2.24. The number of halogens is 1. The van der Waals surface area contributed by atoms with Crippen LogP contribution in [0.4, 0.5) is 0 Å². The van der Waals surface area contributed by atoms with Crippen molar-refractivity contribution < 1.29 is 9.84 Å². The van der Waals surface area contributed by atoms with E-state index in [0.29, 0.717) is 10.9 Å². The quantitative estimate of drug-likeness (QED) is 0.840. The van der Waals surface area contributed by atoms with Gasteiger partial charge in [-0.3, -0.25) is 0 Å². The van der Waals surface area contributed by atoms with Crippen molar-refractivity contribution in [2.75, 3.05) is 7.11 Å². The molecule has 0 bridgehead atoms. The lowest BCUT2D eigenvalue weighted by Crippen LogP contribution is -1.99. The molecule has 1 N–H and O–H groups in total. The van der Waals surface area contributed by atoms with E-state index in [4.69, 9.17) is 16.3 Å². The second-order valence-corrected chi connectivity index (χ2v) is 4.46. The zero-order chi connectivity index (χ0) is 10.8. The average molecular weight is 227 g/mol. The maximum atomic E-state index is 9.48. The van der Waals surface area contributed by atoms with Crippen LogP contribution in [-0.2, 0) is 0 Å². The molecule has 0 saturated heterocycles. The van der Waals surface area contributed by atoms with E-state index in [1.165, 1.54) is 5.56 Å². The predicted octanol–water partition coefficient (Wildman–Crippen LogP) is 2.98. The third-order valence-electron chi connectivity index (χ3n) is 3.05. The van der Waals surface area contributed by atoms with Crippen molar-refractivity contribution in [1.82, 2.24) is 0 Å². The highest BCUT2D eigenvalue weighted by molar-refractivity contribution is 6.32. The van der Waals surface area contributed by atoms with E-state index in [1.807, 2.05) is 18.2 Å². The first-order chi connectivity index (χ1) is 7.20. The Morgan fingerprint density at radius 2 is 2.20 bits per heavy atom. The molecule has 2 rings (SSSR count). The Morgan fingerprint density at radius 1 is 1.40 bits per heavy atom. The number of hydrogen-bond acceptors (Lipinski definition) is 2. The number of aliphatic hydroxyl groups excluding tert-OH is 1. The minimum Gasteiger partial charge on any atom is -0.495 e. The maximum absolute atomic E-state index is 9.48. The summed E-state index contributed by atoms with van der Waals surface area (Å²) in [6.07, 6.45) is 2.66. The van der Waals surface area contributed by atoms with Crippen molar-refractivity contribution in [3.63, 3.8) is 0 Å². The minimum atomic E-state index is -0.142. The number of benzene rings is 1. The van der Waals surface area contributed by atoms with E-state index in [-0.39, 0.29) is 6.10 Å². The maximum Gasteiger partial charge on any atom is 0.137 e. The van der Waals surface area contributed by atoms with Crippen LogP contribution in [0.2, 0.25) is 5.02 Å². The van der Waals surface area contributed by atoms with Gasteiger partial charge in [-0.25, -0.2) is 0 Å². The van der Waals surface area contributed by atoms with E-state index in [1.54, 1.807) is 7.11 Å². The molecule has 0 aliphatic heterocycles. The molecular weight excluding hydrogens is 212 g/mol. The summed E-state index contributed by atoms with van der Waals surface area (Å²) in [6, 6.07) is 5.86. The van der Waals surface area contributed by atoms with E-state index in [9.17, 15) is 5.11 Å². The van der Waals surface area contributed by atoms with Crippen LogP contribution in [0, 0.1) is 0 Å². The van der Waals surface area contributed by atoms with Gasteiger partial charge in [0.1, 0.15) is 5.75 Å². The average Bonchev–Trinajstić information content (AvgIpc) is 2.66. The molecule has 1 saturated carbocycles. The van der Waals surface area contributed by atoms with Crippen LogP contribution in [0.1, 0.15) is 30.7 Å². The number of aliphatic hydroxyl groups is 1. The second-order valence-electron chi connectivity index (χ2n) is 4.06. The van der Waals surface area contributed by atoms with Gasteiger partial charge in [-0.15, -0.1) is 0 Å². The normalized spacial score (nSPS) is 25.5. The SMILES string of the molecule is COc1cc(C2CCC(O)C2)ccc1Cl. The number of methoxy groups -OCH3 is 1. The summed E-state index contributed by atoms with van der Waals surface area (Å²) in [4.78, 5) is 0. The fraction of sp³-hybridized carbons (Fsp3) is 0.500. The highest BCUT2D eigenvalue weighted by Crippen LogP contribution is 2.37. The Hall–Kier alpha value is -0.730. The van der Waals surface area contributed by atoms with Crippen LogP contribution < -0.4 is 4.74 Å². The molecule has 0 aromatic heterocycles. The summed E-state index contributed by atoms with van der Waals surface area (Å²) in [5.74, 6) is 1.17. The van der Waals surface area contributed by atoms with Gasteiger partial charge < -0.3 is 9.84 Å². The Kier molecular flexibility index (Phi) is 3.17. The highest BCUT2D eigenvalue weighted by atomic mass is 35.5. The Bertz CT molecular complexity index is 351. The summed E-state index contributed by atoms with van der Waals surface area (Å²) in [6.45, 7) is 0. The summed E-state index contributed by atoms with van der Waals surface area (Å²) >= 11 is 5.96. The van der Waals surface area contributed by atoms with Crippen LogP contribution in [-0.4, -0.2) is 18.3 Å². The van der Waals surface area contributed by atoms with Gasteiger partial charge in [0.05, 0.1) is 18.2 Å². The number of hydrogen-bond donors (Lipinski definition) is 1. The van der Waals surface area contributed by atoms with Gasteiger partial charge in [-0.05, 0) is 42.9 Å². The summed E-state index contributed by atoms with van der Waals surface area (Å²) in [7, 11) is 1.62. The van der Waals surface area contributed by atoms with Crippen LogP contribution >= 0.6 is 11.6 Å². The predicted molar refractivity (Wildman–Crippen MR) is 60.6 cm³/mol. The minimum absolute atomic E-state index is 0.142. The molecule has 0 amide bonds. The van der Waals surface area contributed by atoms with Gasteiger partial charge in [0, 0.05) is 0 Å². The van der Waals surface area contributed by atoms with Crippen LogP contribution in [0.3, 0.4) is 0 Å². The first-order valence-electron chi connectivity index (χ1n) is 5.22. The third-order valence-corrected chi connectivity index (χ3v) is 3.36. The zero-order valence-electron chi connectivity index (χ0n) is 8.74. The molecule has 3 heteroatoms. The molecule has 15 heavy (non-hydrogen) atoms. The first kappa shape index (κ1) is 10.8. The molecule has 1 aliphatic rings. The van der Waals surface area contributed by atoms with Crippen LogP contribution in [0.25, 0.3) is 0 Å². The zero-order valence-corrected chi connectivity index (χ0v) is 9.50. The molecule has 0 radical (unpaired) electrons. The standard InChI is InChI=1S/C12H15ClO2/c1-15-12-7-9(3-5-11(12)13)8-2-4-10(14)6-8/h3,5,7-8,10,14H,2,4,6H2,1H3. The van der Waals surface area contributed by atoms with Crippen LogP contribution in [0.15, 0.2) is 18.2 Å². The smallest absolute Gasteiger partial charge is 0.137 e. The second kappa shape index (κ2) is 4.42. The molecule has 1 fully saturated rings. The lowest BCUT2D eigenvalue weighted by molar-refractivity contribution is 0.181.